The molecule has 0 saturated carbocycles. The third kappa shape index (κ3) is 4.55. The first-order valence-electron chi connectivity index (χ1n) is 9.62. The molecule has 0 aromatic heterocycles. The number of hydrogen-bond donors (Lipinski definition) is 1. The average molecular weight is 344 g/mol. The van der Waals surface area contributed by atoms with Crippen LogP contribution in [0.2, 0.25) is 0 Å². The Morgan fingerprint density at radius 2 is 1.92 bits per heavy atom. The molecule has 4 atom stereocenters. The lowest BCUT2D eigenvalue weighted by Gasteiger charge is -2.34. The second-order valence-corrected chi connectivity index (χ2v) is 8.74. The zero-order chi connectivity index (χ0) is 18.0. The summed E-state index contributed by atoms with van der Waals surface area (Å²) >= 11 is 0. The minimum absolute atomic E-state index is 0.138. The van der Waals surface area contributed by atoms with Gasteiger partial charge >= 0.3 is 6.09 Å². The molecule has 2 bridgehead atoms. The molecule has 0 aliphatic carbocycles. The normalized spacial score (nSPS) is 29.4. The minimum atomic E-state index is -0.443. The van der Waals surface area contributed by atoms with Crippen LogP contribution in [0.5, 0.6) is 0 Å². The Kier molecular flexibility index (Phi) is 5.38. The highest BCUT2D eigenvalue weighted by Crippen LogP contribution is 2.38. The highest BCUT2D eigenvalue weighted by Gasteiger charge is 2.45. The molecule has 4 unspecified atom stereocenters. The van der Waals surface area contributed by atoms with Crippen LogP contribution in [0.1, 0.15) is 58.9 Å². The van der Waals surface area contributed by atoms with E-state index in [2.05, 4.69) is 41.4 Å². The standard InChI is InChI=1S/C21H32N2O2/c1-15-12-17-10-11-19(23(17)20(24)25-21(2,3)4)18(13-15)22-14-16-8-6-5-7-9-16/h5-9,15,17-19,22H,10-14H2,1-4H3. The molecule has 2 aliphatic heterocycles. The van der Waals surface area contributed by atoms with E-state index in [4.69, 9.17) is 4.74 Å². The number of fused-ring (bicyclic) bond motifs is 2. The molecule has 4 heteroatoms. The topological polar surface area (TPSA) is 41.6 Å². The summed E-state index contributed by atoms with van der Waals surface area (Å²) < 4.78 is 5.72. The van der Waals surface area contributed by atoms with E-state index in [1.165, 1.54) is 5.56 Å². The van der Waals surface area contributed by atoms with Crippen molar-refractivity contribution in [3.63, 3.8) is 0 Å². The highest BCUT2D eigenvalue weighted by molar-refractivity contribution is 5.69. The van der Waals surface area contributed by atoms with Crippen molar-refractivity contribution in [3.8, 4) is 0 Å². The first-order chi connectivity index (χ1) is 11.8. The van der Waals surface area contributed by atoms with Crippen molar-refractivity contribution in [2.75, 3.05) is 0 Å². The van der Waals surface area contributed by atoms with Gasteiger partial charge in [-0.15, -0.1) is 0 Å². The van der Waals surface area contributed by atoms with Crippen LogP contribution < -0.4 is 5.32 Å². The van der Waals surface area contributed by atoms with Gasteiger partial charge in [0.25, 0.3) is 0 Å². The Bertz CT molecular complexity index is 581. The van der Waals surface area contributed by atoms with Gasteiger partial charge in [-0.3, -0.25) is 0 Å². The molecule has 0 radical (unpaired) electrons. The third-order valence-electron chi connectivity index (χ3n) is 5.36. The molecule has 2 fully saturated rings. The summed E-state index contributed by atoms with van der Waals surface area (Å²) in [6, 6.07) is 11.4. The molecule has 4 nitrogen and oxygen atoms in total. The highest BCUT2D eigenvalue weighted by atomic mass is 16.6. The van der Waals surface area contributed by atoms with Gasteiger partial charge in [0.15, 0.2) is 0 Å². The number of hydrogen-bond acceptors (Lipinski definition) is 3. The first kappa shape index (κ1) is 18.2. The van der Waals surface area contributed by atoms with Crippen molar-refractivity contribution in [1.82, 2.24) is 10.2 Å². The van der Waals surface area contributed by atoms with E-state index in [0.717, 1.165) is 32.2 Å². The maximum Gasteiger partial charge on any atom is 0.410 e. The van der Waals surface area contributed by atoms with E-state index in [1.54, 1.807) is 0 Å². The number of carbonyl (C=O) groups excluding carboxylic acids is 1. The van der Waals surface area contributed by atoms with Crippen molar-refractivity contribution in [3.05, 3.63) is 35.9 Å². The fourth-order valence-corrected chi connectivity index (χ4v) is 4.35. The van der Waals surface area contributed by atoms with Crippen molar-refractivity contribution in [2.45, 2.75) is 83.6 Å². The number of rotatable bonds is 3. The summed E-state index contributed by atoms with van der Waals surface area (Å²) in [7, 11) is 0. The summed E-state index contributed by atoms with van der Waals surface area (Å²) in [4.78, 5) is 14.9. The van der Waals surface area contributed by atoms with Gasteiger partial charge in [-0.25, -0.2) is 4.79 Å². The Hall–Kier alpha value is -1.55. The lowest BCUT2D eigenvalue weighted by Crippen LogP contribution is -2.51. The molecule has 1 amide bonds. The van der Waals surface area contributed by atoms with Crippen LogP contribution in [-0.4, -0.2) is 34.7 Å². The Balaban J connectivity index is 1.73. The monoisotopic (exact) mass is 344 g/mol. The molecule has 1 aromatic rings. The van der Waals surface area contributed by atoms with E-state index in [1.807, 2.05) is 26.8 Å². The summed E-state index contributed by atoms with van der Waals surface area (Å²) in [6.45, 7) is 8.99. The van der Waals surface area contributed by atoms with Crippen LogP contribution in [0, 0.1) is 5.92 Å². The minimum Gasteiger partial charge on any atom is -0.444 e. The fourth-order valence-electron chi connectivity index (χ4n) is 4.35. The number of nitrogens with zero attached hydrogens (tertiary/aromatic N) is 1. The zero-order valence-corrected chi connectivity index (χ0v) is 16.0. The van der Waals surface area contributed by atoms with Crippen molar-refractivity contribution in [2.24, 2.45) is 5.92 Å². The van der Waals surface area contributed by atoms with Crippen LogP contribution in [0.15, 0.2) is 30.3 Å². The molecule has 1 aromatic carbocycles. The predicted octanol–water partition coefficient (Wildman–Crippen LogP) is 4.34. The Morgan fingerprint density at radius 3 is 2.60 bits per heavy atom. The zero-order valence-electron chi connectivity index (χ0n) is 16.0. The smallest absolute Gasteiger partial charge is 0.410 e. The number of carbonyl (C=O) groups is 1. The number of amides is 1. The summed E-state index contributed by atoms with van der Waals surface area (Å²) in [6.07, 6.45) is 4.23. The molecular weight excluding hydrogens is 312 g/mol. The van der Waals surface area contributed by atoms with E-state index < -0.39 is 5.60 Å². The summed E-state index contributed by atoms with van der Waals surface area (Å²) in [5.41, 5.74) is 0.847. The predicted molar refractivity (Wildman–Crippen MR) is 100 cm³/mol. The summed E-state index contributed by atoms with van der Waals surface area (Å²) in [5.74, 6) is 0.619. The van der Waals surface area contributed by atoms with Gasteiger partial charge in [0, 0.05) is 18.6 Å². The number of benzene rings is 1. The Labute approximate surface area is 151 Å². The number of nitrogens with one attached hydrogen (secondary N) is 1. The van der Waals surface area contributed by atoms with Gasteiger partial charge < -0.3 is 15.0 Å². The molecule has 2 saturated heterocycles. The van der Waals surface area contributed by atoms with Crippen LogP contribution in [-0.2, 0) is 11.3 Å². The molecular formula is C21H32N2O2. The van der Waals surface area contributed by atoms with Crippen molar-refractivity contribution < 1.29 is 9.53 Å². The Morgan fingerprint density at radius 1 is 1.20 bits per heavy atom. The lowest BCUT2D eigenvalue weighted by molar-refractivity contribution is 0.0127. The molecule has 2 aliphatic rings. The van der Waals surface area contributed by atoms with Crippen molar-refractivity contribution >= 4 is 6.09 Å². The van der Waals surface area contributed by atoms with Gasteiger partial charge in [-0.05, 0) is 57.9 Å². The van der Waals surface area contributed by atoms with Crippen molar-refractivity contribution in [1.29, 1.82) is 0 Å². The second kappa shape index (κ2) is 7.36. The van der Waals surface area contributed by atoms with Crippen LogP contribution in [0.4, 0.5) is 4.79 Å². The molecule has 2 heterocycles. The largest absolute Gasteiger partial charge is 0.444 e. The molecule has 3 rings (SSSR count). The molecule has 25 heavy (non-hydrogen) atoms. The first-order valence-corrected chi connectivity index (χ1v) is 9.62. The van der Waals surface area contributed by atoms with Crippen LogP contribution in [0.3, 0.4) is 0 Å². The van der Waals surface area contributed by atoms with Gasteiger partial charge in [-0.2, -0.15) is 0 Å². The molecule has 1 N–H and O–H groups in total. The quantitative estimate of drug-likeness (QED) is 0.887. The maximum atomic E-state index is 12.8. The van der Waals surface area contributed by atoms with E-state index in [0.29, 0.717) is 18.0 Å². The lowest BCUT2D eigenvalue weighted by atomic mass is 9.89. The SMILES string of the molecule is CC1CC(NCc2ccccc2)C2CCC(C1)N2C(=O)OC(C)(C)C. The van der Waals surface area contributed by atoms with E-state index in [9.17, 15) is 4.79 Å². The van der Waals surface area contributed by atoms with E-state index in [-0.39, 0.29) is 12.1 Å². The van der Waals surface area contributed by atoms with Gasteiger partial charge in [0.2, 0.25) is 0 Å². The van der Waals surface area contributed by atoms with Gasteiger partial charge in [-0.1, -0.05) is 37.3 Å². The molecule has 0 spiro atoms. The fraction of sp³-hybridized carbons (Fsp3) is 0.667. The van der Waals surface area contributed by atoms with Crippen LogP contribution >= 0.6 is 0 Å². The van der Waals surface area contributed by atoms with Crippen LogP contribution in [0.25, 0.3) is 0 Å². The number of ether oxygens (including phenoxy) is 1. The van der Waals surface area contributed by atoms with Gasteiger partial charge in [0.1, 0.15) is 5.60 Å². The van der Waals surface area contributed by atoms with E-state index >= 15 is 0 Å². The average Bonchev–Trinajstić information content (AvgIpc) is 2.87. The molecule has 138 valence electrons. The second-order valence-electron chi connectivity index (χ2n) is 8.74. The third-order valence-corrected chi connectivity index (χ3v) is 5.36. The van der Waals surface area contributed by atoms with Gasteiger partial charge in [0.05, 0.1) is 6.04 Å². The summed E-state index contributed by atoms with van der Waals surface area (Å²) in [5, 5.41) is 3.73. The maximum absolute atomic E-state index is 12.8.